The van der Waals surface area contributed by atoms with Gasteiger partial charge in [-0.2, -0.15) is 0 Å². The van der Waals surface area contributed by atoms with Crippen LogP contribution in [0.25, 0.3) is 11.0 Å². The van der Waals surface area contributed by atoms with Crippen LogP contribution in [0.3, 0.4) is 0 Å². The van der Waals surface area contributed by atoms with Gasteiger partial charge in [0.25, 0.3) is 11.8 Å². The number of nitrogens with two attached hydrogens (primary N) is 1. The lowest BCUT2D eigenvalue weighted by Gasteiger charge is -2.31. The number of piperidine rings is 1. The molecule has 0 radical (unpaired) electrons. The zero-order chi connectivity index (χ0) is 21.3. The fraction of sp³-hybridized carbons (Fsp3) is 0.227. The van der Waals surface area contributed by atoms with Crippen LogP contribution in [0.5, 0.6) is 0 Å². The summed E-state index contributed by atoms with van der Waals surface area (Å²) in [7, 11) is 0. The first-order chi connectivity index (χ1) is 14.4. The van der Waals surface area contributed by atoms with Gasteiger partial charge >= 0.3 is 0 Å². The summed E-state index contributed by atoms with van der Waals surface area (Å²) in [5.41, 5.74) is 6.75. The minimum absolute atomic E-state index is 0.154. The van der Waals surface area contributed by atoms with Gasteiger partial charge in [0.05, 0.1) is 15.7 Å². The topological polar surface area (TPSA) is 106 Å². The number of amides is 3. The molecule has 0 bridgehead atoms. The van der Waals surface area contributed by atoms with Crippen molar-refractivity contribution in [3.63, 3.8) is 0 Å². The van der Waals surface area contributed by atoms with Gasteiger partial charge < -0.3 is 20.4 Å². The Morgan fingerprint density at radius 2 is 1.80 bits per heavy atom. The van der Waals surface area contributed by atoms with Gasteiger partial charge in [-0.3, -0.25) is 14.4 Å². The summed E-state index contributed by atoms with van der Waals surface area (Å²) in [6.45, 7) is 0.901. The molecule has 1 aliphatic heterocycles. The van der Waals surface area contributed by atoms with E-state index in [4.69, 9.17) is 10.2 Å². The second-order valence-electron chi connectivity index (χ2n) is 7.24. The van der Waals surface area contributed by atoms with Gasteiger partial charge in [-0.15, -0.1) is 0 Å². The van der Waals surface area contributed by atoms with E-state index in [0.717, 1.165) is 9.86 Å². The average molecular weight is 470 g/mol. The number of anilines is 1. The molecule has 7 nitrogen and oxygen atoms in total. The summed E-state index contributed by atoms with van der Waals surface area (Å²) < 4.78 is 6.44. The molecule has 0 spiro atoms. The van der Waals surface area contributed by atoms with Crippen molar-refractivity contribution in [2.45, 2.75) is 12.8 Å². The van der Waals surface area contributed by atoms with E-state index in [2.05, 4.69) is 21.2 Å². The van der Waals surface area contributed by atoms with Crippen LogP contribution in [0.1, 0.15) is 33.8 Å². The SMILES string of the molecule is NC(=O)C1CCN(C(=O)c2ccccc2NC(=O)c2cc3cccc(Br)c3o2)CC1. The Morgan fingerprint density at radius 1 is 1.07 bits per heavy atom. The van der Waals surface area contributed by atoms with Crippen molar-refractivity contribution >= 4 is 50.3 Å². The Labute approximate surface area is 181 Å². The number of hydrogen-bond acceptors (Lipinski definition) is 4. The number of nitrogens with zero attached hydrogens (tertiary/aromatic N) is 1. The zero-order valence-corrected chi connectivity index (χ0v) is 17.6. The molecule has 1 aliphatic rings. The number of likely N-dealkylation sites (tertiary alicyclic amines) is 1. The first kappa shape index (κ1) is 20.2. The molecular weight excluding hydrogens is 450 g/mol. The number of hydrogen-bond donors (Lipinski definition) is 2. The van der Waals surface area contributed by atoms with Crippen LogP contribution in [0, 0.1) is 5.92 Å². The van der Waals surface area contributed by atoms with E-state index >= 15 is 0 Å². The lowest BCUT2D eigenvalue weighted by atomic mass is 9.95. The number of furan rings is 1. The van der Waals surface area contributed by atoms with Crippen LogP contribution in [0.4, 0.5) is 5.69 Å². The Bertz CT molecular complexity index is 1130. The molecule has 1 fully saturated rings. The monoisotopic (exact) mass is 469 g/mol. The molecule has 0 saturated carbocycles. The first-order valence-electron chi connectivity index (χ1n) is 9.61. The van der Waals surface area contributed by atoms with Crippen molar-refractivity contribution in [3.8, 4) is 0 Å². The molecule has 0 unspecified atom stereocenters. The molecule has 30 heavy (non-hydrogen) atoms. The third-order valence-electron chi connectivity index (χ3n) is 5.31. The van der Waals surface area contributed by atoms with Crippen molar-refractivity contribution in [1.29, 1.82) is 0 Å². The average Bonchev–Trinajstić information content (AvgIpc) is 3.20. The summed E-state index contributed by atoms with van der Waals surface area (Å²) in [5.74, 6) is -1.00. The predicted molar refractivity (Wildman–Crippen MR) is 116 cm³/mol. The maximum Gasteiger partial charge on any atom is 0.291 e. The minimum Gasteiger partial charge on any atom is -0.450 e. The van der Waals surface area contributed by atoms with Crippen LogP contribution >= 0.6 is 15.9 Å². The van der Waals surface area contributed by atoms with E-state index in [9.17, 15) is 14.4 Å². The molecule has 4 rings (SSSR count). The minimum atomic E-state index is -0.439. The Balaban J connectivity index is 1.53. The molecular formula is C22H20BrN3O4. The van der Waals surface area contributed by atoms with Gasteiger partial charge in [0, 0.05) is 24.4 Å². The summed E-state index contributed by atoms with van der Waals surface area (Å²) in [6, 6.07) is 14.1. The van der Waals surface area contributed by atoms with Gasteiger partial charge in [-0.1, -0.05) is 24.3 Å². The maximum atomic E-state index is 13.0. The fourth-order valence-corrected chi connectivity index (χ4v) is 4.10. The third-order valence-corrected chi connectivity index (χ3v) is 5.93. The highest BCUT2D eigenvalue weighted by atomic mass is 79.9. The van der Waals surface area contributed by atoms with Crippen LogP contribution < -0.4 is 11.1 Å². The third kappa shape index (κ3) is 3.95. The van der Waals surface area contributed by atoms with Crippen molar-refractivity contribution in [2.24, 2.45) is 11.7 Å². The van der Waals surface area contributed by atoms with Gasteiger partial charge in [-0.25, -0.2) is 0 Å². The normalized spacial score (nSPS) is 14.6. The molecule has 0 atom stereocenters. The van der Waals surface area contributed by atoms with Crippen LogP contribution in [0.15, 0.2) is 57.4 Å². The molecule has 3 amide bonds. The number of carbonyl (C=O) groups is 3. The number of nitrogens with one attached hydrogen (secondary N) is 1. The Morgan fingerprint density at radius 3 is 2.50 bits per heavy atom. The number of rotatable bonds is 4. The molecule has 2 heterocycles. The van der Waals surface area contributed by atoms with Crippen LogP contribution in [-0.4, -0.2) is 35.7 Å². The lowest BCUT2D eigenvalue weighted by Crippen LogP contribution is -2.42. The largest absolute Gasteiger partial charge is 0.450 e. The number of para-hydroxylation sites is 2. The molecule has 3 N–H and O–H groups in total. The van der Waals surface area contributed by atoms with Crippen molar-refractivity contribution in [3.05, 3.63) is 64.3 Å². The van der Waals surface area contributed by atoms with Crippen molar-refractivity contribution in [1.82, 2.24) is 4.90 Å². The van der Waals surface area contributed by atoms with Gasteiger partial charge in [0.2, 0.25) is 5.91 Å². The second-order valence-corrected chi connectivity index (χ2v) is 8.09. The standard InChI is InChI=1S/C22H20BrN3O4/c23-16-6-3-4-14-12-18(30-19(14)16)21(28)25-17-7-2-1-5-15(17)22(29)26-10-8-13(9-11-26)20(24)27/h1-7,12-13H,8-11H2,(H2,24,27)(H,25,28). The van der Waals surface area contributed by atoms with E-state index in [1.807, 2.05) is 18.2 Å². The van der Waals surface area contributed by atoms with Crippen LogP contribution in [-0.2, 0) is 4.79 Å². The number of halogens is 1. The molecule has 8 heteroatoms. The summed E-state index contributed by atoms with van der Waals surface area (Å²) in [4.78, 5) is 38.8. The van der Waals surface area contributed by atoms with Crippen molar-refractivity contribution in [2.75, 3.05) is 18.4 Å². The number of benzene rings is 2. The summed E-state index contributed by atoms with van der Waals surface area (Å²) in [5, 5.41) is 3.59. The van der Waals surface area contributed by atoms with E-state index in [0.29, 0.717) is 42.8 Å². The fourth-order valence-electron chi connectivity index (χ4n) is 3.64. The Hall–Kier alpha value is -3.13. The molecule has 0 aliphatic carbocycles. The molecule has 1 saturated heterocycles. The number of fused-ring (bicyclic) bond motifs is 1. The zero-order valence-electron chi connectivity index (χ0n) is 16.1. The second kappa shape index (κ2) is 8.31. The maximum absolute atomic E-state index is 13.0. The molecule has 3 aromatic rings. The van der Waals surface area contributed by atoms with Crippen molar-refractivity contribution < 1.29 is 18.8 Å². The van der Waals surface area contributed by atoms with Crippen LogP contribution in [0.2, 0.25) is 0 Å². The predicted octanol–water partition coefficient (Wildman–Crippen LogP) is 3.79. The molecule has 2 aromatic carbocycles. The number of primary amides is 1. The lowest BCUT2D eigenvalue weighted by molar-refractivity contribution is -0.123. The van der Waals surface area contributed by atoms with Gasteiger partial charge in [0.1, 0.15) is 5.58 Å². The van der Waals surface area contributed by atoms with Gasteiger partial charge in [-0.05, 0) is 53.0 Å². The van der Waals surface area contributed by atoms with E-state index in [1.165, 1.54) is 0 Å². The highest BCUT2D eigenvalue weighted by molar-refractivity contribution is 9.10. The van der Waals surface area contributed by atoms with E-state index in [1.54, 1.807) is 35.2 Å². The summed E-state index contributed by atoms with van der Waals surface area (Å²) >= 11 is 3.41. The smallest absolute Gasteiger partial charge is 0.291 e. The first-order valence-corrected chi connectivity index (χ1v) is 10.4. The molecule has 1 aromatic heterocycles. The quantitative estimate of drug-likeness (QED) is 0.605. The summed E-state index contributed by atoms with van der Waals surface area (Å²) in [6.07, 6.45) is 1.09. The Kier molecular flexibility index (Phi) is 5.59. The van der Waals surface area contributed by atoms with Gasteiger partial charge in [0.15, 0.2) is 5.76 Å². The number of carbonyl (C=O) groups excluding carboxylic acids is 3. The molecule has 154 valence electrons. The highest BCUT2D eigenvalue weighted by Gasteiger charge is 2.28. The highest BCUT2D eigenvalue weighted by Crippen LogP contribution is 2.28. The van der Waals surface area contributed by atoms with E-state index in [-0.39, 0.29) is 23.5 Å². The van der Waals surface area contributed by atoms with E-state index < -0.39 is 5.91 Å².